The molecule has 1 rings (SSSR count). The van der Waals surface area contributed by atoms with Gasteiger partial charge in [-0.25, -0.2) is 4.79 Å². The van der Waals surface area contributed by atoms with Gasteiger partial charge in [0.05, 0.1) is 13.1 Å². The first-order chi connectivity index (χ1) is 5.70. The molecule has 0 radical (unpaired) electrons. The van der Waals surface area contributed by atoms with Crippen LogP contribution in [-0.4, -0.2) is 30.7 Å². The molecule has 0 aliphatic carbocycles. The number of hydrogen-bond acceptors (Lipinski definition) is 2. The van der Waals surface area contributed by atoms with Gasteiger partial charge in [0, 0.05) is 5.92 Å². The summed E-state index contributed by atoms with van der Waals surface area (Å²) in [7, 11) is 0. The van der Waals surface area contributed by atoms with Crippen molar-refractivity contribution in [1.29, 1.82) is 0 Å². The molecular formula is C9H13NO2. The predicted molar refractivity (Wildman–Crippen MR) is 45.5 cm³/mol. The van der Waals surface area contributed by atoms with Gasteiger partial charge < -0.3 is 4.74 Å². The summed E-state index contributed by atoms with van der Waals surface area (Å²) in [6, 6.07) is 0. The van der Waals surface area contributed by atoms with Crippen LogP contribution >= 0.6 is 0 Å². The van der Waals surface area contributed by atoms with Crippen LogP contribution in [0.15, 0.2) is 0 Å². The van der Waals surface area contributed by atoms with Crippen LogP contribution in [0.5, 0.6) is 0 Å². The zero-order valence-corrected chi connectivity index (χ0v) is 7.46. The van der Waals surface area contributed by atoms with Crippen LogP contribution in [0.2, 0.25) is 0 Å². The normalized spacial score (nSPS) is 15.9. The Hall–Kier alpha value is -1.17. The lowest BCUT2D eigenvalue weighted by Crippen LogP contribution is -2.24. The van der Waals surface area contributed by atoms with E-state index in [1.807, 2.05) is 13.8 Å². The first-order valence-electron chi connectivity index (χ1n) is 4.10. The van der Waals surface area contributed by atoms with Gasteiger partial charge in [-0.2, -0.15) is 0 Å². The monoisotopic (exact) mass is 167 g/mol. The predicted octanol–water partition coefficient (Wildman–Crippen LogP) is 1.10. The Kier molecular flexibility index (Phi) is 2.98. The fourth-order valence-corrected chi connectivity index (χ4v) is 0.915. The van der Waals surface area contributed by atoms with Gasteiger partial charge in [0.2, 0.25) is 0 Å². The quantitative estimate of drug-likeness (QED) is 0.547. The first-order valence-corrected chi connectivity index (χ1v) is 4.10. The van der Waals surface area contributed by atoms with Gasteiger partial charge >= 0.3 is 6.09 Å². The number of amides is 1. The molecule has 0 atom stereocenters. The van der Waals surface area contributed by atoms with Gasteiger partial charge in [0.25, 0.3) is 0 Å². The molecule has 0 bridgehead atoms. The van der Waals surface area contributed by atoms with Crippen molar-refractivity contribution in [1.82, 2.24) is 4.90 Å². The second-order valence-electron chi connectivity index (χ2n) is 3.01. The lowest BCUT2D eigenvalue weighted by molar-refractivity contribution is 0.161. The molecule has 1 heterocycles. The minimum atomic E-state index is -0.243. The van der Waals surface area contributed by atoms with Crippen molar-refractivity contribution in [3.8, 4) is 11.8 Å². The third-order valence-electron chi connectivity index (χ3n) is 1.51. The minimum Gasteiger partial charge on any atom is -0.448 e. The van der Waals surface area contributed by atoms with Gasteiger partial charge in [0.15, 0.2) is 0 Å². The van der Waals surface area contributed by atoms with E-state index in [0.717, 1.165) is 0 Å². The summed E-state index contributed by atoms with van der Waals surface area (Å²) in [5.41, 5.74) is 0. The molecule has 0 N–H and O–H groups in total. The van der Waals surface area contributed by atoms with Gasteiger partial charge in [-0.1, -0.05) is 25.7 Å². The van der Waals surface area contributed by atoms with Crippen LogP contribution < -0.4 is 0 Å². The Bertz CT molecular complexity index is 224. The van der Waals surface area contributed by atoms with Crippen molar-refractivity contribution >= 4 is 6.09 Å². The standard InChI is InChI=1S/C9H13NO2/c1-8(2)4-3-5-10-6-7-12-9(10)11/h8H,5-7H2,1-2H3. The maximum Gasteiger partial charge on any atom is 0.410 e. The van der Waals surface area contributed by atoms with E-state index in [1.165, 1.54) is 0 Å². The van der Waals surface area contributed by atoms with Crippen molar-refractivity contribution < 1.29 is 9.53 Å². The largest absolute Gasteiger partial charge is 0.448 e. The Morgan fingerprint density at radius 1 is 1.67 bits per heavy atom. The number of cyclic esters (lactones) is 1. The molecule has 1 aliphatic rings. The third-order valence-corrected chi connectivity index (χ3v) is 1.51. The SMILES string of the molecule is CC(C)C#CCN1CCOC1=O. The van der Waals surface area contributed by atoms with Crippen LogP contribution in [0.25, 0.3) is 0 Å². The zero-order valence-electron chi connectivity index (χ0n) is 7.46. The van der Waals surface area contributed by atoms with E-state index < -0.39 is 0 Å². The highest BCUT2D eigenvalue weighted by Gasteiger charge is 2.19. The van der Waals surface area contributed by atoms with Gasteiger partial charge in [0.1, 0.15) is 6.61 Å². The molecule has 0 unspecified atom stereocenters. The first kappa shape index (κ1) is 8.92. The van der Waals surface area contributed by atoms with Gasteiger partial charge in [-0.3, -0.25) is 4.90 Å². The summed E-state index contributed by atoms with van der Waals surface area (Å²) in [6.45, 7) is 5.72. The highest BCUT2D eigenvalue weighted by Crippen LogP contribution is 2.01. The van der Waals surface area contributed by atoms with Crippen molar-refractivity contribution in [2.24, 2.45) is 5.92 Å². The lowest BCUT2D eigenvalue weighted by atomic mass is 10.2. The Balaban J connectivity index is 2.33. The zero-order chi connectivity index (χ0) is 8.97. The van der Waals surface area contributed by atoms with Gasteiger partial charge in [-0.15, -0.1) is 0 Å². The van der Waals surface area contributed by atoms with Crippen LogP contribution in [0.1, 0.15) is 13.8 Å². The molecule has 1 amide bonds. The van der Waals surface area contributed by atoms with Crippen molar-refractivity contribution in [3.05, 3.63) is 0 Å². The van der Waals surface area contributed by atoms with Crippen molar-refractivity contribution in [2.45, 2.75) is 13.8 Å². The van der Waals surface area contributed by atoms with E-state index in [4.69, 9.17) is 4.74 Å². The van der Waals surface area contributed by atoms with Crippen LogP contribution in [0.4, 0.5) is 4.79 Å². The highest BCUT2D eigenvalue weighted by molar-refractivity contribution is 5.69. The molecule has 12 heavy (non-hydrogen) atoms. The average Bonchev–Trinajstić information content (AvgIpc) is 2.36. The molecule has 0 aromatic rings. The minimum absolute atomic E-state index is 0.243. The summed E-state index contributed by atoms with van der Waals surface area (Å²) in [6.07, 6.45) is -0.243. The fourth-order valence-electron chi connectivity index (χ4n) is 0.915. The summed E-state index contributed by atoms with van der Waals surface area (Å²) >= 11 is 0. The number of carbonyl (C=O) groups excluding carboxylic acids is 1. The Morgan fingerprint density at radius 3 is 2.92 bits per heavy atom. The molecule has 1 saturated heterocycles. The molecule has 3 heteroatoms. The molecule has 3 nitrogen and oxygen atoms in total. The molecule has 0 spiro atoms. The van der Waals surface area contributed by atoms with E-state index in [9.17, 15) is 4.79 Å². The lowest BCUT2D eigenvalue weighted by Gasteiger charge is -2.06. The number of carbonyl (C=O) groups is 1. The second-order valence-corrected chi connectivity index (χ2v) is 3.01. The van der Waals surface area contributed by atoms with Crippen molar-refractivity contribution in [2.75, 3.05) is 19.7 Å². The smallest absolute Gasteiger partial charge is 0.410 e. The number of rotatable bonds is 1. The fraction of sp³-hybridized carbons (Fsp3) is 0.667. The van der Waals surface area contributed by atoms with Crippen molar-refractivity contribution in [3.63, 3.8) is 0 Å². The van der Waals surface area contributed by atoms with E-state index in [1.54, 1.807) is 4.90 Å². The van der Waals surface area contributed by atoms with E-state index in [2.05, 4.69) is 11.8 Å². The summed E-state index contributed by atoms with van der Waals surface area (Å²) in [5, 5.41) is 0. The summed E-state index contributed by atoms with van der Waals surface area (Å²) in [4.78, 5) is 12.5. The van der Waals surface area contributed by atoms with Crippen LogP contribution in [0.3, 0.4) is 0 Å². The number of nitrogens with zero attached hydrogens (tertiary/aromatic N) is 1. The van der Waals surface area contributed by atoms with E-state index >= 15 is 0 Å². The number of hydrogen-bond donors (Lipinski definition) is 0. The molecule has 0 aromatic heterocycles. The third kappa shape index (κ3) is 2.46. The Labute approximate surface area is 72.7 Å². The average molecular weight is 167 g/mol. The summed E-state index contributed by atoms with van der Waals surface area (Å²) < 4.78 is 4.74. The maximum absolute atomic E-state index is 10.9. The topological polar surface area (TPSA) is 29.5 Å². The molecular weight excluding hydrogens is 154 g/mol. The second kappa shape index (κ2) is 4.01. The summed E-state index contributed by atoms with van der Waals surface area (Å²) in [5.74, 6) is 6.29. The molecule has 66 valence electrons. The van der Waals surface area contributed by atoms with Gasteiger partial charge in [-0.05, 0) is 0 Å². The van der Waals surface area contributed by atoms with E-state index in [-0.39, 0.29) is 6.09 Å². The maximum atomic E-state index is 10.9. The molecule has 1 fully saturated rings. The molecule has 0 saturated carbocycles. The molecule has 0 aromatic carbocycles. The van der Waals surface area contributed by atoms with Crippen LogP contribution in [-0.2, 0) is 4.74 Å². The number of ether oxygens (including phenoxy) is 1. The van der Waals surface area contributed by atoms with E-state index in [0.29, 0.717) is 25.6 Å². The molecule has 1 aliphatic heterocycles. The van der Waals surface area contributed by atoms with Crippen LogP contribution in [0, 0.1) is 17.8 Å². The highest BCUT2D eigenvalue weighted by atomic mass is 16.6. The Morgan fingerprint density at radius 2 is 2.42 bits per heavy atom.